The fourth-order valence-corrected chi connectivity index (χ4v) is 4.26. The van der Waals surface area contributed by atoms with Crippen LogP contribution < -0.4 is 5.56 Å². The first-order valence-electron chi connectivity index (χ1n) is 9.48. The Balaban J connectivity index is 1.59. The first kappa shape index (κ1) is 17.9. The van der Waals surface area contributed by atoms with Crippen molar-refractivity contribution in [2.75, 3.05) is 13.1 Å². The van der Waals surface area contributed by atoms with E-state index in [4.69, 9.17) is 0 Å². The molecule has 0 bridgehead atoms. The van der Waals surface area contributed by atoms with Gasteiger partial charge in [0, 0.05) is 18.0 Å². The molecule has 1 aromatic carbocycles. The van der Waals surface area contributed by atoms with Crippen molar-refractivity contribution in [2.45, 2.75) is 32.7 Å². The van der Waals surface area contributed by atoms with Gasteiger partial charge in [0.15, 0.2) is 0 Å². The Morgan fingerprint density at radius 1 is 1.30 bits per heavy atom. The second-order valence-corrected chi connectivity index (χ2v) is 8.19. The molecule has 1 amide bonds. The number of benzene rings is 1. The van der Waals surface area contributed by atoms with Crippen LogP contribution in [0, 0.1) is 5.92 Å². The Kier molecular flexibility index (Phi) is 5.07. The molecule has 1 aliphatic rings. The number of carbonyl (C=O) groups excluding carboxylic acids is 1. The number of aromatic nitrogens is 2. The van der Waals surface area contributed by atoms with E-state index in [9.17, 15) is 9.59 Å². The van der Waals surface area contributed by atoms with Crippen LogP contribution in [0.3, 0.4) is 0 Å². The van der Waals surface area contributed by atoms with Crippen LogP contribution in [0.25, 0.3) is 20.7 Å². The molecular formula is C21H23N3O2S. The van der Waals surface area contributed by atoms with Gasteiger partial charge in [0.05, 0.1) is 11.7 Å². The van der Waals surface area contributed by atoms with Gasteiger partial charge in [0.2, 0.25) is 5.91 Å². The fraction of sp³-hybridized carbons (Fsp3) is 0.381. The van der Waals surface area contributed by atoms with Gasteiger partial charge in [0.25, 0.3) is 5.56 Å². The van der Waals surface area contributed by atoms with E-state index in [1.807, 2.05) is 41.3 Å². The zero-order valence-electron chi connectivity index (χ0n) is 15.4. The van der Waals surface area contributed by atoms with E-state index >= 15 is 0 Å². The second-order valence-electron chi connectivity index (χ2n) is 7.16. The third-order valence-electron chi connectivity index (χ3n) is 4.90. The van der Waals surface area contributed by atoms with Gasteiger partial charge in [-0.15, -0.1) is 11.3 Å². The molecule has 0 N–H and O–H groups in total. The average molecular weight is 382 g/mol. The zero-order valence-corrected chi connectivity index (χ0v) is 16.2. The van der Waals surface area contributed by atoms with Gasteiger partial charge in [-0.3, -0.25) is 14.2 Å². The average Bonchev–Trinajstić information content (AvgIpc) is 3.39. The number of thiophene rings is 1. The van der Waals surface area contributed by atoms with E-state index in [1.165, 1.54) is 35.1 Å². The van der Waals surface area contributed by atoms with Gasteiger partial charge < -0.3 is 4.90 Å². The molecule has 6 heteroatoms. The van der Waals surface area contributed by atoms with Crippen molar-refractivity contribution in [3.05, 3.63) is 53.1 Å². The highest BCUT2D eigenvalue weighted by Gasteiger charge is 2.26. The van der Waals surface area contributed by atoms with E-state index in [0.29, 0.717) is 16.1 Å². The Labute approximate surface area is 162 Å². The maximum absolute atomic E-state index is 12.9. The first-order chi connectivity index (χ1) is 13.2. The molecule has 140 valence electrons. The monoisotopic (exact) mass is 381 g/mol. The summed E-state index contributed by atoms with van der Waals surface area (Å²) in [6.07, 6.45) is 4.85. The summed E-state index contributed by atoms with van der Waals surface area (Å²) in [5.41, 5.74) is 0.927. The lowest BCUT2D eigenvalue weighted by atomic mass is 10.2. The van der Waals surface area contributed by atoms with Crippen LogP contribution in [0.4, 0.5) is 0 Å². The molecule has 2 heterocycles. The quantitative estimate of drug-likeness (QED) is 0.626. The third kappa shape index (κ3) is 3.95. The van der Waals surface area contributed by atoms with Crippen molar-refractivity contribution in [3.8, 4) is 10.4 Å². The van der Waals surface area contributed by atoms with Gasteiger partial charge >= 0.3 is 0 Å². The number of nitrogens with zero attached hydrogens (tertiary/aromatic N) is 3. The van der Waals surface area contributed by atoms with E-state index in [0.717, 1.165) is 30.0 Å². The van der Waals surface area contributed by atoms with E-state index in [1.54, 1.807) is 0 Å². The Morgan fingerprint density at radius 3 is 2.78 bits per heavy atom. The highest BCUT2D eigenvalue weighted by Crippen LogP contribution is 2.31. The Bertz CT molecular complexity index is 1010. The Hall–Kier alpha value is -2.47. The summed E-state index contributed by atoms with van der Waals surface area (Å²) in [4.78, 5) is 33.7. The smallest absolute Gasteiger partial charge is 0.262 e. The standard InChI is InChI=1S/C21H23N3O2S/c1-2-10-23(12-15-8-9-15)19(25)13-24-14-22-20-17(21(24)26)11-18(27-20)16-6-4-3-5-7-16/h3-7,11,14-15H,2,8-10,12-13H2,1H3. The van der Waals surface area contributed by atoms with Crippen molar-refractivity contribution in [1.29, 1.82) is 0 Å². The molecule has 1 fully saturated rings. The van der Waals surface area contributed by atoms with Crippen LogP contribution >= 0.6 is 11.3 Å². The maximum atomic E-state index is 12.9. The molecule has 0 spiro atoms. The number of hydrogen-bond acceptors (Lipinski definition) is 4. The van der Waals surface area contributed by atoms with Crippen molar-refractivity contribution < 1.29 is 4.79 Å². The van der Waals surface area contributed by atoms with Crippen LogP contribution in [0.1, 0.15) is 26.2 Å². The summed E-state index contributed by atoms with van der Waals surface area (Å²) < 4.78 is 1.45. The number of hydrogen-bond donors (Lipinski definition) is 0. The number of rotatable bonds is 7. The van der Waals surface area contributed by atoms with E-state index < -0.39 is 0 Å². The fourth-order valence-electron chi connectivity index (χ4n) is 3.26. The van der Waals surface area contributed by atoms with Crippen LogP contribution in [0.5, 0.6) is 0 Å². The van der Waals surface area contributed by atoms with Crippen LogP contribution in [0.2, 0.25) is 0 Å². The summed E-state index contributed by atoms with van der Waals surface area (Å²) in [6.45, 7) is 3.69. The molecule has 0 atom stereocenters. The summed E-state index contributed by atoms with van der Waals surface area (Å²) in [7, 11) is 0. The number of carbonyl (C=O) groups is 1. The SMILES string of the molecule is CCCN(CC1CC1)C(=O)Cn1cnc2sc(-c3ccccc3)cc2c1=O. The number of amides is 1. The molecule has 1 aliphatic carbocycles. The molecule has 0 saturated heterocycles. The molecular weight excluding hydrogens is 358 g/mol. The van der Waals surface area contributed by atoms with Crippen LogP contribution in [-0.2, 0) is 11.3 Å². The summed E-state index contributed by atoms with van der Waals surface area (Å²) >= 11 is 1.50. The molecule has 1 saturated carbocycles. The highest BCUT2D eigenvalue weighted by molar-refractivity contribution is 7.21. The van der Waals surface area contributed by atoms with Gasteiger partial charge in [-0.1, -0.05) is 37.3 Å². The van der Waals surface area contributed by atoms with Crippen molar-refractivity contribution >= 4 is 27.5 Å². The highest BCUT2D eigenvalue weighted by atomic mass is 32.1. The van der Waals surface area contributed by atoms with Crippen molar-refractivity contribution in [3.63, 3.8) is 0 Å². The number of fused-ring (bicyclic) bond motifs is 1. The lowest BCUT2D eigenvalue weighted by Gasteiger charge is -2.22. The third-order valence-corrected chi connectivity index (χ3v) is 6.00. The summed E-state index contributed by atoms with van der Waals surface area (Å²) in [5, 5.41) is 0.582. The molecule has 3 aromatic rings. The minimum atomic E-state index is -0.144. The maximum Gasteiger partial charge on any atom is 0.262 e. The molecule has 2 aromatic heterocycles. The molecule has 0 aliphatic heterocycles. The molecule has 27 heavy (non-hydrogen) atoms. The Morgan fingerprint density at radius 2 is 2.07 bits per heavy atom. The lowest BCUT2D eigenvalue weighted by molar-refractivity contribution is -0.132. The molecule has 0 unspecified atom stereocenters. The van der Waals surface area contributed by atoms with Gasteiger partial charge in [-0.2, -0.15) is 0 Å². The predicted molar refractivity (Wildman–Crippen MR) is 109 cm³/mol. The van der Waals surface area contributed by atoms with Crippen molar-refractivity contribution in [2.24, 2.45) is 5.92 Å². The summed E-state index contributed by atoms with van der Waals surface area (Å²) in [6, 6.07) is 11.9. The molecule has 4 rings (SSSR count). The van der Waals surface area contributed by atoms with Crippen molar-refractivity contribution in [1.82, 2.24) is 14.5 Å². The minimum absolute atomic E-state index is 0.00510. The lowest BCUT2D eigenvalue weighted by Crippen LogP contribution is -2.38. The van der Waals surface area contributed by atoms with Gasteiger partial charge in [0.1, 0.15) is 11.4 Å². The minimum Gasteiger partial charge on any atom is -0.341 e. The topological polar surface area (TPSA) is 55.2 Å². The van der Waals surface area contributed by atoms with Gasteiger partial charge in [-0.05, 0) is 36.8 Å². The second kappa shape index (κ2) is 7.64. The molecule has 5 nitrogen and oxygen atoms in total. The zero-order chi connectivity index (χ0) is 18.8. The largest absolute Gasteiger partial charge is 0.341 e. The summed E-state index contributed by atoms with van der Waals surface area (Å²) in [5.74, 6) is 0.647. The van der Waals surface area contributed by atoms with Gasteiger partial charge in [-0.25, -0.2) is 4.98 Å². The van der Waals surface area contributed by atoms with E-state index in [2.05, 4.69) is 11.9 Å². The predicted octanol–water partition coefficient (Wildman–Crippen LogP) is 3.77. The van der Waals surface area contributed by atoms with E-state index in [-0.39, 0.29) is 18.0 Å². The van der Waals surface area contributed by atoms with Crippen LogP contribution in [0.15, 0.2) is 47.5 Å². The van der Waals surface area contributed by atoms with Crippen LogP contribution in [-0.4, -0.2) is 33.4 Å². The first-order valence-corrected chi connectivity index (χ1v) is 10.3. The molecule has 0 radical (unpaired) electrons. The normalized spacial score (nSPS) is 13.8.